The van der Waals surface area contributed by atoms with Gasteiger partial charge in [0.25, 0.3) is 0 Å². The lowest BCUT2D eigenvalue weighted by Gasteiger charge is -2.17. The standard InChI is InChI=1S/C23H28/c1-7-20(8-2)22(9-3)18(6)23-15-17(5)16(4)14-21(23)13-12-19-10-11-19/h7,9,14-15,19H,1-2,6,10-13H2,3-5H3. The Morgan fingerprint density at radius 3 is 2.43 bits per heavy atom. The van der Waals surface area contributed by atoms with E-state index in [-0.39, 0.29) is 0 Å². The fourth-order valence-electron chi connectivity index (χ4n) is 3.04. The van der Waals surface area contributed by atoms with Crippen molar-refractivity contribution < 1.29 is 0 Å². The van der Waals surface area contributed by atoms with Gasteiger partial charge in [-0.05, 0) is 72.9 Å². The average molecular weight is 304 g/mol. The predicted octanol–water partition coefficient (Wildman–Crippen LogP) is 6.50. The summed E-state index contributed by atoms with van der Waals surface area (Å²) in [4.78, 5) is 0. The summed E-state index contributed by atoms with van der Waals surface area (Å²) in [6.07, 6.45) is 9.12. The maximum absolute atomic E-state index is 4.38. The molecule has 0 saturated heterocycles. The van der Waals surface area contributed by atoms with Gasteiger partial charge in [-0.1, -0.05) is 56.9 Å². The molecule has 0 unspecified atom stereocenters. The van der Waals surface area contributed by atoms with Crippen molar-refractivity contribution in [1.82, 2.24) is 0 Å². The fraction of sp³-hybridized carbons (Fsp3) is 0.348. The van der Waals surface area contributed by atoms with Crippen molar-refractivity contribution in [3.05, 3.63) is 83.2 Å². The molecule has 0 amide bonds. The highest BCUT2D eigenvalue weighted by atomic mass is 14.3. The van der Waals surface area contributed by atoms with E-state index in [1.54, 1.807) is 6.08 Å². The molecule has 120 valence electrons. The lowest BCUT2D eigenvalue weighted by Crippen LogP contribution is -2.00. The molecule has 1 aromatic carbocycles. The van der Waals surface area contributed by atoms with Crippen LogP contribution in [0.25, 0.3) is 5.57 Å². The molecule has 2 rings (SSSR count). The maximum atomic E-state index is 4.38. The molecule has 1 aliphatic carbocycles. The van der Waals surface area contributed by atoms with E-state index in [2.05, 4.69) is 57.5 Å². The van der Waals surface area contributed by atoms with Crippen LogP contribution in [0.4, 0.5) is 0 Å². The number of benzene rings is 1. The Bertz CT molecular complexity index is 702. The van der Waals surface area contributed by atoms with Gasteiger partial charge in [0, 0.05) is 5.57 Å². The van der Waals surface area contributed by atoms with Crippen LogP contribution in [0.5, 0.6) is 0 Å². The van der Waals surface area contributed by atoms with Crippen molar-refractivity contribution in [2.45, 2.75) is 46.5 Å². The van der Waals surface area contributed by atoms with Crippen LogP contribution in [0.2, 0.25) is 0 Å². The maximum Gasteiger partial charge on any atom is 0.0227 e. The molecule has 0 aromatic heterocycles. The zero-order valence-electron chi connectivity index (χ0n) is 14.8. The Balaban J connectivity index is 2.42. The Morgan fingerprint density at radius 2 is 1.91 bits per heavy atom. The molecule has 1 saturated carbocycles. The van der Waals surface area contributed by atoms with Crippen LogP contribution < -0.4 is 0 Å². The summed E-state index contributed by atoms with van der Waals surface area (Å²) >= 11 is 0. The van der Waals surface area contributed by atoms with Gasteiger partial charge in [-0.25, -0.2) is 0 Å². The summed E-state index contributed by atoms with van der Waals surface area (Å²) in [7, 11) is 0. The zero-order valence-corrected chi connectivity index (χ0v) is 14.8. The second kappa shape index (κ2) is 7.49. The summed E-state index contributed by atoms with van der Waals surface area (Å²) in [5, 5.41) is 0. The fourth-order valence-corrected chi connectivity index (χ4v) is 3.04. The van der Waals surface area contributed by atoms with Crippen molar-refractivity contribution in [2.24, 2.45) is 5.92 Å². The average Bonchev–Trinajstić information content (AvgIpc) is 3.36. The van der Waals surface area contributed by atoms with E-state index in [9.17, 15) is 0 Å². The molecule has 0 heteroatoms. The van der Waals surface area contributed by atoms with Crippen LogP contribution in [-0.2, 0) is 6.42 Å². The van der Waals surface area contributed by atoms with Gasteiger partial charge in [0.2, 0.25) is 0 Å². The molecule has 0 nitrogen and oxygen atoms in total. The highest BCUT2D eigenvalue weighted by Crippen LogP contribution is 2.36. The van der Waals surface area contributed by atoms with E-state index >= 15 is 0 Å². The second-order valence-corrected chi connectivity index (χ2v) is 6.55. The highest BCUT2D eigenvalue weighted by Gasteiger charge is 2.22. The van der Waals surface area contributed by atoms with Gasteiger partial charge in [0.1, 0.15) is 0 Å². The molecular weight excluding hydrogens is 276 g/mol. The minimum Gasteiger partial charge on any atom is -0.120 e. The molecule has 23 heavy (non-hydrogen) atoms. The van der Waals surface area contributed by atoms with Crippen molar-refractivity contribution >= 4 is 5.57 Å². The molecule has 0 N–H and O–H groups in total. The molecule has 0 radical (unpaired) electrons. The molecule has 0 heterocycles. The van der Waals surface area contributed by atoms with E-state index < -0.39 is 0 Å². The number of allylic oxidation sites excluding steroid dienone is 5. The first-order valence-corrected chi connectivity index (χ1v) is 8.50. The van der Waals surface area contributed by atoms with Gasteiger partial charge in [-0.3, -0.25) is 0 Å². The monoisotopic (exact) mass is 304 g/mol. The summed E-state index contributed by atoms with van der Waals surface area (Å²) in [6.45, 7) is 18.4. The molecule has 0 spiro atoms. The topological polar surface area (TPSA) is 0 Å². The van der Waals surface area contributed by atoms with E-state index in [0.717, 1.165) is 29.1 Å². The van der Waals surface area contributed by atoms with Gasteiger partial charge < -0.3 is 0 Å². The molecule has 0 atom stereocenters. The highest BCUT2D eigenvalue weighted by molar-refractivity contribution is 5.84. The van der Waals surface area contributed by atoms with Gasteiger partial charge in [-0.2, -0.15) is 0 Å². The normalized spacial score (nSPS) is 14.3. The summed E-state index contributed by atoms with van der Waals surface area (Å²) in [5.74, 6) is 0.940. The molecule has 1 aromatic rings. The quantitative estimate of drug-likeness (QED) is 0.398. The molecule has 1 fully saturated rings. The van der Waals surface area contributed by atoms with Crippen molar-refractivity contribution in [3.63, 3.8) is 0 Å². The Morgan fingerprint density at radius 1 is 1.26 bits per heavy atom. The zero-order chi connectivity index (χ0) is 17.0. The third-order valence-corrected chi connectivity index (χ3v) is 4.86. The van der Waals surface area contributed by atoms with E-state index in [1.807, 2.05) is 6.92 Å². The lowest BCUT2D eigenvalue weighted by atomic mass is 9.87. The summed E-state index contributed by atoms with van der Waals surface area (Å²) in [6, 6.07) is 4.63. The number of rotatable bonds is 7. The Hall–Kier alpha value is -2.04. The third kappa shape index (κ3) is 4.03. The summed E-state index contributed by atoms with van der Waals surface area (Å²) < 4.78 is 0. The molecular formula is C23H28. The van der Waals surface area contributed by atoms with Crippen LogP contribution >= 0.6 is 0 Å². The first kappa shape index (κ1) is 17.3. The van der Waals surface area contributed by atoms with Crippen LogP contribution in [0.15, 0.2) is 60.9 Å². The van der Waals surface area contributed by atoms with Crippen molar-refractivity contribution in [3.8, 4) is 0 Å². The van der Waals surface area contributed by atoms with E-state index in [0.29, 0.717) is 0 Å². The first-order valence-electron chi connectivity index (χ1n) is 8.50. The SMILES string of the molecule is C=C=C(C=C)C(=CC)C(=C)c1cc(C)c(C)cc1CCC1CC1. The first-order chi connectivity index (χ1) is 11.0. The van der Waals surface area contributed by atoms with Crippen LogP contribution in [0.1, 0.15) is 48.4 Å². The molecule has 0 aliphatic heterocycles. The molecule has 1 aliphatic rings. The third-order valence-electron chi connectivity index (χ3n) is 4.86. The van der Waals surface area contributed by atoms with E-state index in [4.69, 9.17) is 0 Å². The smallest absolute Gasteiger partial charge is 0.0227 e. The van der Waals surface area contributed by atoms with Gasteiger partial charge in [0.05, 0.1) is 0 Å². The van der Waals surface area contributed by atoms with Crippen LogP contribution in [-0.4, -0.2) is 0 Å². The van der Waals surface area contributed by atoms with Crippen molar-refractivity contribution in [2.75, 3.05) is 0 Å². The number of hydrogen-bond acceptors (Lipinski definition) is 0. The Labute approximate surface area is 141 Å². The van der Waals surface area contributed by atoms with Gasteiger partial charge in [-0.15, -0.1) is 5.73 Å². The van der Waals surface area contributed by atoms with Gasteiger partial charge >= 0.3 is 0 Å². The van der Waals surface area contributed by atoms with Gasteiger partial charge in [0.15, 0.2) is 0 Å². The van der Waals surface area contributed by atoms with Crippen LogP contribution in [0.3, 0.4) is 0 Å². The number of aryl methyl sites for hydroxylation is 3. The second-order valence-electron chi connectivity index (χ2n) is 6.55. The minimum absolute atomic E-state index is 0.920. The lowest BCUT2D eigenvalue weighted by molar-refractivity contribution is 0.725. The predicted molar refractivity (Wildman–Crippen MR) is 103 cm³/mol. The van der Waals surface area contributed by atoms with E-state index in [1.165, 1.54) is 41.5 Å². The minimum atomic E-state index is 0.920. The summed E-state index contributed by atoms with van der Waals surface area (Å²) in [5.41, 5.74) is 11.4. The molecule has 0 bridgehead atoms. The van der Waals surface area contributed by atoms with Crippen LogP contribution in [0, 0.1) is 19.8 Å². The Kier molecular flexibility index (Phi) is 5.64. The largest absolute Gasteiger partial charge is 0.120 e. The number of hydrogen-bond donors (Lipinski definition) is 0. The van der Waals surface area contributed by atoms with Crippen molar-refractivity contribution in [1.29, 1.82) is 0 Å².